The highest BCUT2D eigenvalue weighted by Crippen LogP contribution is 2.19. The van der Waals surface area contributed by atoms with E-state index in [0.717, 1.165) is 24.2 Å². The fraction of sp³-hybridized carbons (Fsp3) is 0.412. The number of benzene rings is 1. The van der Waals surface area contributed by atoms with Gasteiger partial charge >= 0.3 is 0 Å². The predicted molar refractivity (Wildman–Crippen MR) is 82.7 cm³/mol. The molecule has 1 saturated heterocycles. The Hall–Kier alpha value is -2.12. The average Bonchev–Trinajstić information content (AvgIpc) is 3.03. The van der Waals surface area contributed by atoms with E-state index in [4.69, 9.17) is 5.26 Å². The topological polar surface area (TPSA) is 44.9 Å². The summed E-state index contributed by atoms with van der Waals surface area (Å²) >= 11 is 0. The summed E-state index contributed by atoms with van der Waals surface area (Å²) in [4.78, 5) is 2.52. The first kappa shape index (κ1) is 13.8. The van der Waals surface area contributed by atoms with Gasteiger partial charge in [0, 0.05) is 18.3 Å². The molecule has 108 valence electrons. The van der Waals surface area contributed by atoms with Crippen LogP contribution >= 0.6 is 0 Å². The maximum atomic E-state index is 8.83. The molecule has 1 aliphatic rings. The lowest BCUT2D eigenvalue weighted by molar-refractivity contribution is 0.218. The molecule has 0 atom stereocenters. The molecule has 0 unspecified atom stereocenters. The van der Waals surface area contributed by atoms with E-state index < -0.39 is 0 Å². The van der Waals surface area contributed by atoms with E-state index in [1.807, 2.05) is 35.1 Å². The summed E-state index contributed by atoms with van der Waals surface area (Å²) in [6.45, 7) is 4.47. The normalized spacial score (nSPS) is 15.8. The van der Waals surface area contributed by atoms with Gasteiger partial charge in [-0.3, -0.25) is 4.68 Å². The van der Waals surface area contributed by atoms with Crippen molar-refractivity contribution < 1.29 is 0 Å². The van der Waals surface area contributed by atoms with Gasteiger partial charge in [-0.05, 0) is 43.6 Å². The van der Waals surface area contributed by atoms with Gasteiger partial charge in [-0.25, -0.2) is 0 Å². The summed E-state index contributed by atoms with van der Waals surface area (Å²) in [6.07, 6.45) is 8.02. The van der Waals surface area contributed by atoms with Crippen LogP contribution in [0.15, 0.2) is 36.7 Å². The highest BCUT2D eigenvalue weighted by molar-refractivity contribution is 5.62. The molecule has 0 amide bonds. The van der Waals surface area contributed by atoms with E-state index in [1.165, 1.54) is 32.4 Å². The molecule has 2 aromatic rings. The predicted octanol–water partition coefficient (Wildman–Crippen LogP) is 2.91. The van der Waals surface area contributed by atoms with Crippen molar-refractivity contribution in [2.75, 3.05) is 19.6 Å². The summed E-state index contributed by atoms with van der Waals surface area (Å²) in [7, 11) is 0. The Labute approximate surface area is 125 Å². The van der Waals surface area contributed by atoms with Crippen molar-refractivity contribution in [2.24, 2.45) is 0 Å². The van der Waals surface area contributed by atoms with Crippen molar-refractivity contribution in [3.63, 3.8) is 0 Å². The molecule has 2 heterocycles. The van der Waals surface area contributed by atoms with Crippen molar-refractivity contribution in [3.8, 4) is 17.2 Å². The maximum absolute atomic E-state index is 8.83. The molecular weight excluding hydrogens is 260 g/mol. The molecule has 1 aromatic carbocycles. The van der Waals surface area contributed by atoms with E-state index in [-0.39, 0.29) is 0 Å². The fourth-order valence-electron chi connectivity index (χ4n) is 2.80. The lowest BCUT2D eigenvalue weighted by atomic mass is 10.1. The van der Waals surface area contributed by atoms with Crippen molar-refractivity contribution in [1.82, 2.24) is 14.7 Å². The van der Waals surface area contributed by atoms with Crippen LogP contribution in [0.3, 0.4) is 0 Å². The Morgan fingerprint density at radius 3 is 2.48 bits per heavy atom. The second-order valence-corrected chi connectivity index (χ2v) is 5.58. The first-order valence-electron chi connectivity index (χ1n) is 7.60. The zero-order valence-electron chi connectivity index (χ0n) is 12.2. The number of hydrogen-bond acceptors (Lipinski definition) is 3. The second kappa shape index (κ2) is 6.55. The minimum Gasteiger partial charge on any atom is -0.301 e. The van der Waals surface area contributed by atoms with Crippen LogP contribution in [0.2, 0.25) is 0 Å². The number of nitrogens with zero attached hydrogens (tertiary/aromatic N) is 4. The van der Waals surface area contributed by atoms with Crippen molar-refractivity contribution in [2.45, 2.75) is 25.8 Å². The quantitative estimate of drug-likeness (QED) is 0.865. The van der Waals surface area contributed by atoms with E-state index in [0.29, 0.717) is 5.56 Å². The summed E-state index contributed by atoms with van der Waals surface area (Å²) in [5.41, 5.74) is 2.91. The van der Waals surface area contributed by atoms with Crippen LogP contribution in [-0.2, 0) is 6.54 Å². The van der Waals surface area contributed by atoms with Gasteiger partial charge in [0.15, 0.2) is 0 Å². The van der Waals surface area contributed by atoms with E-state index in [1.54, 1.807) is 0 Å². The van der Waals surface area contributed by atoms with Gasteiger partial charge < -0.3 is 4.90 Å². The Bertz CT molecular complexity index is 615. The number of nitriles is 1. The molecule has 0 spiro atoms. The van der Waals surface area contributed by atoms with Crippen LogP contribution in [0.1, 0.15) is 24.8 Å². The molecule has 0 N–H and O–H groups in total. The second-order valence-electron chi connectivity index (χ2n) is 5.58. The zero-order chi connectivity index (χ0) is 14.5. The standard InChI is InChI=1S/C17H20N4/c18-12-15-4-6-16(7-5-15)17-13-19-21(14-17)11-10-20-8-2-1-3-9-20/h4-7,13-14H,1-3,8-11H2. The molecule has 3 rings (SSSR count). The molecule has 1 aromatic heterocycles. The molecule has 0 saturated carbocycles. The lowest BCUT2D eigenvalue weighted by Gasteiger charge is -2.26. The van der Waals surface area contributed by atoms with E-state index in [9.17, 15) is 0 Å². The molecule has 0 radical (unpaired) electrons. The first-order valence-corrected chi connectivity index (χ1v) is 7.60. The van der Waals surface area contributed by atoms with Crippen molar-refractivity contribution in [1.29, 1.82) is 5.26 Å². The molecule has 1 fully saturated rings. The zero-order valence-corrected chi connectivity index (χ0v) is 12.2. The number of aromatic nitrogens is 2. The highest BCUT2D eigenvalue weighted by atomic mass is 15.3. The van der Waals surface area contributed by atoms with Crippen LogP contribution < -0.4 is 0 Å². The SMILES string of the molecule is N#Cc1ccc(-c2cnn(CCN3CCCCC3)c2)cc1. The first-order chi connectivity index (χ1) is 10.3. The minimum absolute atomic E-state index is 0.691. The molecule has 0 aliphatic carbocycles. The van der Waals surface area contributed by atoms with E-state index >= 15 is 0 Å². The van der Waals surface area contributed by atoms with Crippen LogP contribution in [0.25, 0.3) is 11.1 Å². The Morgan fingerprint density at radius 1 is 1.00 bits per heavy atom. The number of rotatable bonds is 4. The van der Waals surface area contributed by atoms with Gasteiger partial charge in [-0.15, -0.1) is 0 Å². The van der Waals surface area contributed by atoms with Gasteiger partial charge in [-0.2, -0.15) is 10.4 Å². The van der Waals surface area contributed by atoms with Gasteiger partial charge in [0.1, 0.15) is 0 Å². The summed E-state index contributed by atoms with van der Waals surface area (Å²) in [6, 6.07) is 9.79. The monoisotopic (exact) mass is 280 g/mol. The third-order valence-electron chi connectivity index (χ3n) is 4.07. The van der Waals surface area contributed by atoms with Crippen LogP contribution in [0.4, 0.5) is 0 Å². The number of likely N-dealkylation sites (tertiary alicyclic amines) is 1. The Kier molecular flexibility index (Phi) is 4.32. The minimum atomic E-state index is 0.691. The third-order valence-corrected chi connectivity index (χ3v) is 4.07. The van der Waals surface area contributed by atoms with Crippen molar-refractivity contribution >= 4 is 0 Å². The van der Waals surface area contributed by atoms with Gasteiger partial charge in [0.05, 0.1) is 24.4 Å². The van der Waals surface area contributed by atoms with Crippen LogP contribution in [0.5, 0.6) is 0 Å². The Morgan fingerprint density at radius 2 is 1.76 bits per heavy atom. The lowest BCUT2D eigenvalue weighted by Crippen LogP contribution is -2.32. The number of hydrogen-bond donors (Lipinski definition) is 0. The van der Waals surface area contributed by atoms with Crippen molar-refractivity contribution in [3.05, 3.63) is 42.2 Å². The average molecular weight is 280 g/mol. The maximum Gasteiger partial charge on any atom is 0.0991 e. The summed E-state index contributed by atoms with van der Waals surface area (Å²) in [5, 5.41) is 13.3. The Balaban J connectivity index is 1.61. The van der Waals surface area contributed by atoms with Gasteiger partial charge in [0.2, 0.25) is 0 Å². The molecule has 4 heteroatoms. The molecule has 0 bridgehead atoms. The molecule has 21 heavy (non-hydrogen) atoms. The summed E-state index contributed by atoms with van der Waals surface area (Å²) in [5.74, 6) is 0. The van der Waals surface area contributed by atoms with E-state index in [2.05, 4.69) is 22.3 Å². The molecule has 4 nitrogen and oxygen atoms in total. The van der Waals surface area contributed by atoms with Gasteiger partial charge in [-0.1, -0.05) is 18.6 Å². The number of piperidine rings is 1. The summed E-state index contributed by atoms with van der Waals surface area (Å²) < 4.78 is 2.02. The third kappa shape index (κ3) is 3.50. The smallest absolute Gasteiger partial charge is 0.0991 e. The highest BCUT2D eigenvalue weighted by Gasteiger charge is 2.10. The molecular formula is C17H20N4. The molecule has 1 aliphatic heterocycles. The van der Waals surface area contributed by atoms with Gasteiger partial charge in [0.25, 0.3) is 0 Å². The van der Waals surface area contributed by atoms with Crippen LogP contribution in [-0.4, -0.2) is 34.3 Å². The largest absolute Gasteiger partial charge is 0.301 e. The fourth-order valence-corrected chi connectivity index (χ4v) is 2.80. The van der Waals surface area contributed by atoms with Crippen LogP contribution in [0, 0.1) is 11.3 Å².